The van der Waals surface area contributed by atoms with Gasteiger partial charge in [-0.3, -0.25) is 0 Å². The van der Waals surface area contributed by atoms with Gasteiger partial charge in [0.2, 0.25) is 0 Å². The number of benzene rings is 2. The summed E-state index contributed by atoms with van der Waals surface area (Å²) in [5.41, 5.74) is 1.21. The molecule has 1 N–H and O–H groups in total. The van der Waals surface area contributed by atoms with Gasteiger partial charge in [0.1, 0.15) is 24.7 Å². The van der Waals surface area contributed by atoms with Gasteiger partial charge >= 0.3 is 0 Å². The fourth-order valence-corrected chi connectivity index (χ4v) is 2.54. The van der Waals surface area contributed by atoms with Crippen molar-refractivity contribution >= 4 is 11.8 Å². The first-order valence-electron chi connectivity index (χ1n) is 6.95. The fourth-order valence-electron chi connectivity index (χ4n) is 2.00. The largest absolute Gasteiger partial charge is 0.490 e. The van der Waals surface area contributed by atoms with Crippen LogP contribution in [0, 0.1) is 0 Å². The third-order valence-electron chi connectivity index (χ3n) is 2.96. The zero-order valence-corrected chi connectivity index (χ0v) is 13.3. The lowest BCUT2D eigenvalue weighted by atomic mass is 10.2. The molecular formula is C17H21NO2S. The van der Waals surface area contributed by atoms with Crippen molar-refractivity contribution in [3.05, 3.63) is 54.1 Å². The molecule has 0 radical (unpaired) electrons. The zero-order valence-electron chi connectivity index (χ0n) is 12.5. The number of rotatable bonds is 8. The van der Waals surface area contributed by atoms with Gasteiger partial charge in [0.15, 0.2) is 0 Å². The van der Waals surface area contributed by atoms with Crippen LogP contribution in [0.4, 0.5) is 0 Å². The van der Waals surface area contributed by atoms with Crippen LogP contribution in [-0.4, -0.2) is 26.5 Å². The molecule has 0 aliphatic rings. The quantitative estimate of drug-likeness (QED) is 0.596. The lowest BCUT2D eigenvalue weighted by Gasteiger charge is -2.11. The number of hydrogen-bond acceptors (Lipinski definition) is 4. The normalized spacial score (nSPS) is 10.4. The maximum absolute atomic E-state index is 5.77. The van der Waals surface area contributed by atoms with E-state index in [9.17, 15) is 0 Å². The second kappa shape index (κ2) is 8.60. The third kappa shape index (κ3) is 4.99. The summed E-state index contributed by atoms with van der Waals surface area (Å²) in [4.78, 5) is 1.15. The summed E-state index contributed by atoms with van der Waals surface area (Å²) >= 11 is 1.68. The Kier molecular flexibility index (Phi) is 6.44. The van der Waals surface area contributed by atoms with E-state index >= 15 is 0 Å². The van der Waals surface area contributed by atoms with Gasteiger partial charge in [-0.2, -0.15) is 0 Å². The summed E-state index contributed by atoms with van der Waals surface area (Å²) < 4.78 is 11.5. The molecule has 2 rings (SSSR count). The Morgan fingerprint density at radius 2 is 1.81 bits per heavy atom. The molecule has 3 nitrogen and oxygen atoms in total. The highest BCUT2D eigenvalue weighted by Gasteiger charge is 2.01. The minimum absolute atomic E-state index is 0.533. The summed E-state index contributed by atoms with van der Waals surface area (Å²) in [5, 5.41) is 3.13. The van der Waals surface area contributed by atoms with Crippen molar-refractivity contribution < 1.29 is 9.47 Å². The van der Waals surface area contributed by atoms with Crippen LogP contribution in [0.1, 0.15) is 5.56 Å². The summed E-state index contributed by atoms with van der Waals surface area (Å²) in [7, 11) is 1.94. The molecule has 0 unspecified atom stereocenters. The monoisotopic (exact) mass is 303 g/mol. The Hall–Kier alpha value is -1.65. The number of para-hydroxylation sites is 1. The van der Waals surface area contributed by atoms with Crippen molar-refractivity contribution in [2.24, 2.45) is 0 Å². The highest BCUT2D eigenvalue weighted by molar-refractivity contribution is 7.98. The summed E-state index contributed by atoms with van der Waals surface area (Å²) in [6.07, 6.45) is 2.05. The predicted octanol–water partition coefficient (Wildman–Crippen LogP) is 3.59. The molecule has 21 heavy (non-hydrogen) atoms. The molecule has 0 fully saturated rings. The van der Waals surface area contributed by atoms with E-state index < -0.39 is 0 Å². The molecule has 0 aliphatic carbocycles. The first-order chi connectivity index (χ1) is 10.3. The average molecular weight is 303 g/mol. The molecule has 2 aromatic rings. The van der Waals surface area contributed by atoms with Gasteiger partial charge in [0.05, 0.1) is 0 Å². The number of nitrogens with one attached hydrogen (secondary N) is 1. The lowest BCUT2D eigenvalue weighted by molar-refractivity contribution is 0.214. The fraction of sp³-hybridized carbons (Fsp3) is 0.294. The molecule has 112 valence electrons. The molecule has 0 bridgehead atoms. The van der Waals surface area contributed by atoms with Crippen LogP contribution in [0.15, 0.2) is 53.4 Å². The number of thioether (sulfide) groups is 1. The van der Waals surface area contributed by atoms with Crippen molar-refractivity contribution in [1.82, 2.24) is 5.32 Å². The first kappa shape index (κ1) is 15.7. The van der Waals surface area contributed by atoms with Crippen molar-refractivity contribution in [3.63, 3.8) is 0 Å². The van der Waals surface area contributed by atoms with Crippen molar-refractivity contribution in [3.8, 4) is 11.5 Å². The SMILES string of the molecule is CNCc1cccc(OCCOc2ccccc2SC)c1. The van der Waals surface area contributed by atoms with E-state index in [1.165, 1.54) is 5.56 Å². The molecule has 4 heteroatoms. The Morgan fingerprint density at radius 1 is 1.00 bits per heavy atom. The lowest BCUT2D eigenvalue weighted by Crippen LogP contribution is -2.10. The molecule has 0 heterocycles. The Labute approximate surface area is 130 Å². The van der Waals surface area contributed by atoms with Gasteiger partial charge in [0, 0.05) is 11.4 Å². The van der Waals surface area contributed by atoms with Crippen LogP contribution in [0.2, 0.25) is 0 Å². The molecule has 0 atom stereocenters. The minimum Gasteiger partial charge on any atom is -0.490 e. The maximum Gasteiger partial charge on any atom is 0.133 e. The summed E-state index contributed by atoms with van der Waals surface area (Å²) in [6, 6.07) is 16.1. The topological polar surface area (TPSA) is 30.5 Å². The number of ether oxygens (including phenoxy) is 2. The third-order valence-corrected chi connectivity index (χ3v) is 3.74. The average Bonchev–Trinajstić information content (AvgIpc) is 2.53. The van der Waals surface area contributed by atoms with Crippen LogP contribution in [0.5, 0.6) is 11.5 Å². The van der Waals surface area contributed by atoms with Crippen LogP contribution in [-0.2, 0) is 6.54 Å². The first-order valence-corrected chi connectivity index (χ1v) is 8.18. The highest BCUT2D eigenvalue weighted by Crippen LogP contribution is 2.26. The number of hydrogen-bond donors (Lipinski definition) is 1. The standard InChI is InChI=1S/C17H21NO2S/c1-18-13-14-6-5-7-15(12-14)19-10-11-20-16-8-3-4-9-17(16)21-2/h3-9,12,18H,10-11,13H2,1-2H3. The van der Waals surface area contributed by atoms with Crippen LogP contribution < -0.4 is 14.8 Å². The maximum atomic E-state index is 5.77. The van der Waals surface area contributed by atoms with Gasteiger partial charge in [0.25, 0.3) is 0 Å². The predicted molar refractivity (Wildman–Crippen MR) is 88.4 cm³/mol. The van der Waals surface area contributed by atoms with Gasteiger partial charge in [-0.15, -0.1) is 11.8 Å². The molecule has 0 aromatic heterocycles. The van der Waals surface area contributed by atoms with Gasteiger partial charge < -0.3 is 14.8 Å². The van der Waals surface area contributed by atoms with E-state index in [2.05, 4.69) is 17.4 Å². The molecular weight excluding hydrogens is 282 g/mol. The van der Waals surface area contributed by atoms with Crippen molar-refractivity contribution in [1.29, 1.82) is 0 Å². The molecule has 2 aromatic carbocycles. The molecule has 0 saturated heterocycles. The van der Waals surface area contributed by atoms with Gasteiger partial charge in [-0.05, 0) is 43.1 Å². The molecule has 0 spiro atoms. The van der Waals surface area contributed by atoms with Crippen LogP contribution >= 0.6 is 11.8 Å². The zero-order chi connectivity index (χ0) is 14.9. The second-order valence-corrected chi connectivity index (χ2v) is 5.37. The Morgan fingerprint density at radius 3 is 2.62 bits per heavy atom. The summed E-state index contributed by atoms with van der Waals surface area (Å²) in [5.74, 6) is 1.79. The van der Waals surface area contributed by atoms with E-state index in [4.69, 9.17) is 9.47 Å². The highest BCUT2D eigenvalue weighted by atomic mass is 32.2. The van der Waals surface area contributed by atoms with Crippen molar-refractivity contribution in [2.45, 2.75) is 11.4 Å². The van der Waals surface area contributed by atoms with Gasteiger partial charge in [-0.1, -0.05) is 24.3 Å². The van der Waals surface area contributed by atoms with E-state index in [0.29, 0.717) is 13.2 Å². The minimum atomic E-state index is 0.533. The van der Waals surface area contributed by atoms with E-state index in [0.717, 1.165) is 22.9 Å². The smallest absolute Gasteiger partial charge is 0.133 e. The van der Waals surface area contributed by atoms with E-state index in [1.807, 2.05) is 49.7 Å². The molecule has 0 aliphatic heterocycles. The van der Waals surface area contributed by atoms with E-state index in [-0.39, 0.29) is 0 Å². The summed E-state index contributed by atoms with van der Waals surface area (Å²) in [6.45, 7) is 1.91. The Balaban J connectivity index is 1.80. The molecule has 0 amide bonds. The van der Waals surface area contributed by atoms with Crippen molar-refractivity contribution in [2.75, 3.05) is 26.5 Å². The Bertz CT molecular complexity index is 560. The molecule has 0 saturated carbocycles. The van der Waals surface area contributed by atoms with E-state index in [1.54, 1.807) is 11.8 Å². The van der Waals surface area contributed by atoms with Gasteiger partial charge in [-0.25, -0.2) is 0 Å². The van der Waals surface area contributed by atoms with Crippen LogP contribution in [0.3, 0.4) is 0 Å². The van der Waals surface area contributed by atoms with Crippen LogP contribution in [0.25, 0.3) is 0 Å². The second-order valence-electron chi connectivity index (χ2n) is 4.53.